The minimum absolute atomic E-state index is 0.0206. The Morgan fingerprint density at radius 1 is 1.40 bits per heavy atom. The van der Waals surface area contributed by atoms with Crippen molar-refractivity contribution in [3.05, 3.63) is 35.4 Å². The number of hydrogen-bond donors (Lipinski definition) is 1. The molecule has 1 aromatic rings. The van der Waals surface area contributed by atoms with Gasteiger partial charge in [0.25, 0.3) is 0 Å². The van der Waals surface area contributed by atoms with E-state index in [-0.39, 0.29) is 11.5 Å². The first-order chi connectivity index (χ1) is 7.13. The summed E-state index contributed by atoms with van der Waals surface area (Å²) in [5, 5.41) is 0. The van der Waals surface area contributed by atoms with Crippen LogP contribution in [0.25, 0.3) is 0 Å². The van der Waals surface area contributed by atoms with Crippen molar-refractivity contribution in [1.29, 1.82) is 0 Å². The van der Waals surface area contributed by atoms with Crippen molar-refractivity contribution < 1.29 is 9.53 Å². The number of carbonyl (C=O) groups excluding carboxylic acids is 1. The van der Waals surface area contributed by atoms with Crippen LogP contribution in [0.4, 0.5) is 0 Å². The SMILES string of the molecule is COC(=O)c1ccc(CC2(N)CC2)cc1. The van der Waals surface area contributed by atoms with E-state index in [1.165, 1.54) is 12.7 Å². The Bertz CT molecular complexity index is 366. The fraction of sp³-hybridized carbons (Fsp3) is 0.417. The zero-order valence-electron chi connectivity index (χ0n) is 8.82. The van der Waals surface area contributed by atoms with E-state index in [4.69, 9.17) is 5.73 Å². The van der Waals surface area contributed by atoms with Crippen LogP contribution in [0.3, 0.4) is 0 Å². The number of esters is 1. The van der Waals surface area contributed by atoms with Crippen molar-refractivity contribution in [2.24, 2.45) is 5.73 Å². The van der Waals surface area contributed by atoms with Gasteiger partial charge in [-0.2, -0.15) is 0 Å². The maximum absolute atomic E-state index is 11.2. The largest absolute Gasteiger partial charge is 0.465 e. The monoisotopic (exact) mass is 205 g/mol. The molecule has 0 aliphatic heterocycles. The maximum Gasteiger partial charge on any atom is 0.337 e. The molecule has 1 aliphatic rings. The van der Waals surface area contributed by atoms with Gasteiger partial charge in [-0.1, -0.05) is 12.1 Å². The summed E-state index contributed by atoms with van der Waals surface area (Å²) in [6.07, 6.45) is 3.10. The van der Waals surface area contributed by atoms with E-state index in [9.17, 15) is 4.79 Å². The Labute approximate surface area is 89.2 Å². The average Bonchev–Trinajstić information content (AvgIpc) is 2.96. The molecule has 0 radical (unpaired) electrons. The Kier molecular flexibility index (Phi) is 2.49. The minimum atomic E-state index is -0.296. The molecule has 3 heteroatoms. The van der Waals surface area contributed by atoms with E-state index in [0.717, 1.165) is 19.3 Å². The Morgan fingerprint density at radius 2 is 2.00 bits per heavy atom. The van der Waals surface area contributed by atoms with Gasteiger partial charge >= 0.3 is 5.97 Å². The van der Waals surface area contributed by atoms with Crippen LogP contribution in [-0.4, -0.2) is 18.6 Å². The highest BCUT2D eigenvalue weighted by Crippen LogP contribution is 2.35. The number of carbonyl (C=O) groups is 1. The summed E-state index contributed by atoms with van der Waals surface area (Å²) in [6, 6.07) is 7.46. The molecular weight excluding hydrogens is 190 g/mol. The highest BCUT2D eigenvalue weighted by atomic mass is 16.5. The molecule has 0 amide bonds. The number of rotatable bonds is 3. The Hall–Kier alpha value is -1.35. The van der Waals surface area contributed by atoms with Crippen molar-refractivity contribution >= 4 is 5.97 Å². The van der Waals surface area contributed by atoms with Gasteiger partial charge in [0.05, 0.1) is 12.7 Å². The molecule has 3 nitrogen and oxygen atoms in total. The number of benzene rings is 1. The van der Waals surface area contributed by atoms with Gasteiger partial charge in [-0.05, 0) is 37.0 Å². The molecule has 1 fully saturated rings. The number of methoxy groups -OCH3 is 1. The van der Waals surface area contributed by atoms with E-state index in [1.807, 2.05) is 12.1 Å². The quantitative estimate of drug-likeness (QED) is 0.761. The highest BCUT2D eigenvalue weighted by Gasteiger charge is 2.37. The number of nitrogens with two attached hydrogens (primary N) is 1. The number of hydrogen-bond acceptors (Lipinski definition) is 3. The first-order valence-electron chi connectivity index (χ1n) is 5.09. The van der Waals surface area contributed by atoms with Crippen molar-refractivity contribution in [1.82, 2.24) is 0 Å². The van der Waals surface area contributed by atoms with E-state index >= 15 is 0 Å². The van der Waals surface area contributed by atoms with Crippen molar-refractivity contribution in [3.8, 4) is 0 Å². The third kappa shape index (κ3) is 2.36. The Morgan fingerprint density at radius 3 is 2.47 bits per heavy atom. The van der Waals surface area contributed by atoms with Gasteiger partial charge in [0.15, 0.2) is 0 Å². The fourth-order valence-corrected chi connectivity index (χ4v) is 1.62. The summed E-state index contributed by atoms with van der Waals surface area (Å²) in [5.74, 6) is -0.296. The van der Waals surface area contributed by atoms with E-state index in [0.29, 0.717) is 5.56 Å². The first kappa shape index (κ1) is 10.2. The molecule has 2 rings (SSSR count). The van der Waals surface area contributed by atoms with Crippen LogP contribution in [0.2, 0.25) is 0 Å². The summed E-state index contributed by atoms with van der Waals surface area (Å²) < 4.78 is 4.63. The maximum atomic E-state index is 11.2. The lowest BCUT2D eigenvalue weighted by Gasteiger charge is -2.08. The van der Waals surface area contributed by atoms with Crippen LogP contribution in [0.15, 0.2) is 24.3 Å². The van der Waals surface area contributed by atoms with Crippen LogP contribution in [0.1, 0.15) is 28.8 Å². The highest BCUT2D eigenvalue weighted by molar-refractivity contribution is 5.89. The summed E-state index contributed by atoms with van der Waals surface area (Å²) in [4.78, 5) is 11.2. The van der Waals surface area contributed by atoms with Crippen LogP contribution < -0.4 is 5.73 Å². The predicted octanol–water partition coefficient (Wildman–Crippen LogP) is 1.51. The molecule has 0 aromatic heterocycles. The van der Waals surface area contributed by atoms with Gasteiger partial charge in [0.2, 0.25) is 0 Å². The third-order valence-corrected chi connectivity index (χ3v) is 2.82. The van der Waals surface area contributed by atoms with E-state index in [1.54, 1.807) is 12.1 Å². The molecule has 0 bridgehead atoms. The lowest BCUT2D eigenvalue weighted by Crippen LogP contribution is -2.24. The van der Waals surface area contributed by atoms with Gasteiger partial charge in [-0.15, -0.1) is 0 Å². The second kappa shape index (κ2) is 3.66. The van der Waals surface area contributed by atoms with Crippen molar-refractivity contribution in [3.63, 3.8) is 0 Å². The van der Waals surface area contributed by atoms with Crippen LogP contribution in [-0.2, 0) is 11.2 Å². The van der Waals surface area contributed by atoms with Crippen LogP contribution >= 0.6 is 0 Å². The average molecular weight is 205 g/mol. The zero-order chi connectivity index (χ0) is 10.9. The molecule has 1 saturated carbocycles. The van der Waals surface area contributed by atoms with Crippen LogP contribution in [0, 0.1) is 0 Å². The lowest BCUT2D eigenvalue weighted by molar-refractivity contribution is 0.0601. The topological polar surface area (TPSA) is 52.3 Å². The predicted molar refractivity (Wildman–Crippen MR) is 57.6 cm³/mol. The smallest absolute Gasteiger partial charge is 0.337 e. The zero-order valence-corrected chi connectivity index (χ0v) is 8.82. The number of ether oxygens (including phenoxy) is 1. The molecule has 2 N–H and O–H groups in total. The van der Waals surface area contributed by atoms with Crippen molar-refractivity contribution in [2.45, 2.75) is 24.8 Å². The van der Waals surface area contributed by atoms with Gasteiger partial charge in [-0.25, -0.2) is 4.79 Å². The Balaban J connectivity index is 2.06. The first-order valence-corrected chi connectivity index (χ1v) is 5.09. The van der Waals surface area contributed by atoms with Gasteiger partial charge in [-0.3, -0.25) is 0 Å². The summed E-state index contributed by atoms with van der Waals surface area (Å²) >= 11 is 0. The fourth-order valence-electron chi connectivity index (χ4n) is 1.62. The third-order valence-electron chi connectivity index (χ3n) is 2.82. The van der Waals surface area contributed by atoms with Gasteiger partial charge < -0.3 is 10.5 Å². The molecule has 0 spiro atoms. The molecule has 1 aliphatic carbocycles. The summed E-state index contributed by atoms with van der Waals surface area (Å²) in [5.41, 5.74) is 7.80. The van der Waals surface area contributed by atoms with Gasteiger partial charge in [0.1, 0.15) is 0 Å². The van der Waals surface area contributed by atoms with Crippen LogP contribution in [0.5, 0.6) is 0 Å². The molecule has 15 heavy (non-hydrogen) atoms. The summed E-state index contributed by atoms with van der Waals surface area (Å²) in [6.45, 7) is 0. The summed E-state index contributed by atoms with van der Waals surface area (Å²) in [7, 11) is 1.38. The molecular formula is C12H15NO2. The molecule has 80 valence electrons. The molecule has 0 saturated heterocycles. The standard InChI is InChI=1S/C12H15NO2/c1-15-11(14)10-4-2-9(3-5-10)8-12(13)6-7-12/h2-5H,6-8,13H2,1H3. The normalized spacial score (nSPS) is 17.2. The molecule has 1 aromatic carbocycles. The van der Waals surface area contributed by atoms with E-state index in [2.05, 4.69) is 4.74 Å². The van der Waals surface area contributed by atoms with Gasteiger partial charge in [0, 0.05) is 5.54 Å². The van der Waals surface area contributed by atoms with E-state index < -0.39 is 0 Å². The van der Waals surface area contributed by atoms with Crippen molar-refractivity contribution in [2.75, 3.05) is 7.11 Å². The molecule has 0 atom stereocenters. The molecule has 0 unspecified atom stereocenters. The molecule has 0 heterocycles. The lowest BCUT2D eigenvalue weighted by atomic mass is 10.0. The second-order valence-corrected chi connectivity index (χ2v) is 4.23. The second-order valence-electron chi connectivity index (χ2n) is 4.23. The minimum Gasteiger partial charge on any atom is -0.465 e.